The van der Waals surface area contributed by atoms with Gasteiger partial charge >= 0.3 is 0 Å². The molecule has 0 aliphatic heterocycles. The molecule has 0 saturated heterocycles. The SMILES string of the molecule is Cl.Cl.Nc1ccc(-c2ccccc2OC2CCCC2)c(N)n1. The molecule has 3 rings (SSSR count). The van der Waals surface area contributed by atoms with Crippen LogP contribution in [0, 0.1) is 0 Å². The second-order valence-electron chi connectivity index (χ2n) is 5.19. The second-order valence-corrected chi connectivity index (χ2v) is 5.19. The quantitative estimate of drug-likeness (QED) is 0.881. The lowest BCUT2D eigenvalue weighted by Gasteiger charge is -2.17. The Morgan fingerprint density at radius 3 is 2.27 bits per heavy atom. The molecule has 1 heterocycles. The molecule has 0 bridgehead atoms. The van der Waals surface area contributed by atoms with Gasteiger partial charge in [0.2, 0.25) is 0 Å². The molecule has 4 N–H and O–H groups in total. The van der Waals surface area contributed by atoms with Crippen LogP contribution in [0.5, 0.6) is 5.75 Å². The third-order valence-electron chi connectivity index (χ3n) is 3.72. The third-order valence-corrected chi connectivity index (χ3v) is 3.72. The van der Waals surface area contributed by atoms with Crippen molar-refractivity contribution in [1.82, 2.24) is 4.98 Å². The number of rotatable bonds is 3. The van der Waals surface area contributed by atoms with E-state index in [1.54, 1.807) is 6.07 Å². The number of para-hydroxylation sites is 1. The molecule has 0 unspecified atom stereocenters. The van der Waals surface area contributed by atoms with Gasteiger partial charge in [0.15, 0.2) is 0 Å². The van der Waals surface area contributed by atoms with Crippen LogP contribution in [0.1, 0.15) is 25.7 Å². The zero-order valence-corrected chi connectivity index (χ0v) is 13.8. The van der Waals surface area contributed by atoms with Gasteiger partial charge in [0.05, 0.1) is 6.10 Å². The van der Waals surface area contributed by atoms with Crippen molar-refractivity contribution in [2.75, 3.05) is 11.5 Å². The minimum Gasteiger partial charge on any atom is -0.490 e. The Morgan fingerprint density at radius 2 is 1.59 bits per heavy atom. The number of halogens is 2. The molecule has 2 aromatic rings. The molecular formula is C16H21Cl2N3O. The number of benzene rings is 1. The normalized spacial score (nSPS) is 14.0. The van der Waals surface area contributed by atoms with Crippen LogP contribution in [-0.4, -0.2) is 11.1 Å². The van der Waals surface area contributed by atoms with Gasteiger partial charge in [-0.05, 0) is 43.9 Å². The minimum atomic E-state index is 0. The van der Waals surface area contributed by atoms with Crippen LogP contribution < -0.4 is 16.2 Å². The molecule has 0 radical (unpaired) electrons. The molecule has 6 heteroatoms. The van der Waals surface area contributed by atoms with Gasteiger partial charge in [-0.2, -0.15) is 0 Å². The largest absolute Gasteiger partial charge is 0.490 e. The lowest BCUT2D eigenvalue weighted by atomic mass is 10.1. The maximum Gasteiger partial charge on any atom is 0.133 e. The summed E-state index contributed by atoms with van der Waals surface area (Å²) in [4.78, 5) is 4.12. The number of anilines is 2. The van der Waals surface area contributed by atoms with E-state index in [0.717, 1.165) is 29.7 Å². The van der Waals surface area contributed by atoms with Gasteiger partial charge in [-0.15, -0.1) is 24.8 Å². The van der Waals surface area contributed by atoms with Crippen molar-refractivity contribution < 1.29 is 4.74 Å². The molecule has 4 nitrogen and oxygen atoms in total. The zero-order chi connectivity index (χ0) is 13.9. The maximum absolute atomic E-state index is 6.13. The summed E-state index contributed by atoms with van der Waals surface area (Å²) in [5.41, 5.74) is 13.5. The van der Waals surface area contributed by atoms with E-state index in [0.29, 0.717) is 17.7 Å². The van der Waals surface area contributed by atoms with E-state index in [1.165, 1.54) is 12.8 Å². The number of hydrogen-bond acceptors (Lipinski definition) is 4. The smallest absolute Gasteiger partial charge is 0.133 e. The van der Waals surface area contributed by atoms with Gasteiger partial charge in [0.25, 0.3) is 0 Å². The molecule has 1 aliphatic rings. The monoisotopic (exact) mass is 341 g/mol. The topological polar surface area (TPSA) is 74.2 Å². The number of pyridine rings is 1. The van der Waals surface area contributed by atoms with Gasteiger partial charge < -0.3 is 16.2 Å². The molecule has 1 aromatic carbocycles. The zero-order valence-electron chi connectivity index (χ0n) is 12.2. The molecule has 0 atom stereocenters. The molecule has 1 aliphatic carbocycles. The number of hydrogen-bond donors (Lipinski definition) is 2. The number of nitrogen functional groups attached to an aromatic ring is 2. The van der Waals surface area contributed by atoms with Crippen molar-refractivity contribution in [3.63, 3.8) is 0 Å². The first-order valence-electron chi connectivity index (χ1n) is 7.02. The van der Waals surface area contributed by atoms with Crippen LogP contribution in [0.25, 0.3) is 11.1 Å². The fourth-order valence-electron chi connectivity index (χ4n) is 2.70. The Kier molecular flexibility index (Phi) is 6.78. The molecular weight excluding hydrogens is 321 g/mol. The Labute approximate surface area is 143 Å². The highest BCUT2D eigenvalue weighted by molar-refractivity contribution is 5.85. The minimum absolute atomic E-state index is 0. The summed E-state index contributed by atoms with van der Waals surface area (Å²) >= 11 is 0. The number of nitrogens with zero attached hydrogens (tertiary/aromatic N) is 1. The van der Waals surface area contributed by atoms with Gasteiger partial charge in [-0.25, -0.2) is 4.98 Å². The first-order valence-corrected chi connectivity index (χ1v) is 7.02. The highest BCUT2D eigenvalue weighted by Gasteiger charge is 2.18. The van der Waals surface area contributed by atoms with Crippen LogP contribution in [0.2, 0.25) is 0 Å². The molecule has 120 valence electrons. The maximum atomic E-state index is 6.13. The summed E-state index contributed by atoms with van der Waals surface area (Å²) in [5, 5.41) is 0. The Bertz CT molecular complexity index is 616. The predicted octanol–water partition coefficient (Wildman–Crippen LogP) is 4.08. The van der Waals surface area contributed by atoms with E-state index in [-0.39, 0.29) is 24.8 Å². The average Bonchev–Trinajstić information content (AvgIpc) is 2.93. The molecule has 0 amide bonds. The highest BCUT2D eigenvalue weighted by atomic mass is 35.5. The molecule has 0 spiro atoms. The first kappa shape index (κ1) is 18.4. The molecule has 1 aromatic heterocycles. The number of ether oxygens (including phenoxy) is 1. The van der Waals surface area contributed by atoms with Crippen LogP contribution in [-0.2, 0) is 0 Å². The molecule has 1 saturated carbocycles. The summed E-state index contributed by atoms with van der Waals surface area (Å²) < 4.78 is 6.13. The molecule has 22 heavy (non-hydrogen) atoms. The summed E-state index contributed by atoms with van der Waals surface area (Å²) in [6.07, 6.45) is 5.07. The first-order chi connectivity index (χ1) is 9.74. The van der Waals surface area contributed by atoms with Crippen LogP contribution in [0.4, 0.5) is 11.6 Å². The predicted molar refractivity (Wildman–Crippen MR) is 95.9 cm³/mol. The summed E-state index contributed by atoms with van der Waals surface area (Å²) in [6.45, 7) is 0. The number of nitrogens with two attached hydrogens (primary N) is 2. The van der Waals surface area contributed by atoms with Crippen LogP contribution >= 0.6 is 24.8 Å². The van der Waals surface area contributed by atoms with E-state index < -0.39 is 0 Å². The van der Waals surface area contributed by atoms with Gasteiger partial charge in [-0.3, -0.25) is 0 Å². The number of aromatic nitrogens is 1. The average molecular weight is 342 g/mol. The van der Waals surface area contributed by atoms with Crippen molar-refractivity contribution in [1.29, 1.82) is 0 Å². The Morgan fingerprint density at radius 1 is 0.909 bits per heavy atom. The van der Waals surface area contributed by atoms with E-state index in [2.05, 4.69) is 4.98 Å². The second kappa shape index (κ2) is 8.11. The van der Waals surface area contributed by atoms with Gasteiger partial charge in [0.1, 0.15) is 17.4 Å². The van der Waals surface area contributed by atoms with Crippen molar-refractivity contribution in [3.05, 3.63) is 36.4 Å². The lowest BCUT2D eigenvalue weighted by molar-refractivity contribution is 0.211. The van der Waals surface area contributed by atoms with Crippen molar-refractivity contribution >= 4 is 36.4 Å². The van der Waals surface area contributed by atoms with Crippen molar-refractivity contribution in [2.45, 2.75) is 31.8 Å². The summed E-state index contributed by atoms with van der Waals surface area (Å²) in [7, 11) is 0. The van der Waals surface area contributed by atoms with Gasteiger partial charge in [-0.1, -0.05) is 18.2 Å². The summed E-state index contributed by atoms with van der Waals surface area (Å²) in [5.74, 6) is 1.74. The van der Waals surface area contributed by atoms with E-state index in [1.807, 2.05) is 30.3 Å². The fraction of sp³-hybridized carbons (Fsp3) is 0.312. The fourth-order valence-corrected chi connectivity index (χ4v) is 2.70. The third kappa shape index (κ3) is 3.96. The van der Waals surface area contributed by atoms with E-state index in [4.69, 9.17) is 16.2 Å². The highest BCUT2D eigenvalue weighted by Crippen LogP contribution is 2.35. The summed E-state index contributed by atoms with van der Waals surface area (Å²) in [6, 6.07) is 11.6. The van der Waals surface area contributed by atoms with Gasteiger partial charge in [0, 0.05) is 11.1 Å². The Hall–Kier alpha value is -1.65. The van der Waals surface area contributed by atoms with Crippen LogP contribution in [0.15, 0.2) is 36.4 Å². The van der Waals surface area contributed by atoms with Crippen molar-refractivity contribution in [3.8, 4) is 16.9 Å². The molecule has 1 fully saturated rings. The van der Waals surface area contributed by atoms with E-state index >= 15 is 0 Å². The Balaban J connectivity index is 0.00000121. The van der Waals surface area contributed by atoms with Crippen LogP contribution in [0.3, 0.4) is 0 Å². The van der Waals surface area contributed by atoms with Crippen molar-refractivity contribution in [2.24, 2.45) is 0 Å². The van der Waals surface area contributed by atoms with E-state index in [9.17, 15) is 0 Å². The standard InChI is InChI=1S/C16H19N3O.2ClH/c17-15-10-9-13(16(18)19-15)12-7-3-4-8-14(12)20-11-5-1-2-6-11;;/h3-4,7-11H,1-2,5-6H2,(H4,17,18,19);2*1H. The lowest BCUT2D eigenvalue weighted by Crippen LogP contribution is -2.11.